The molecule has 5 heteroatoms. The highest BCUT2D eigenvalue weighted by molar-refractivity contribution is 5.69. The second kappa shape index (κ2) is 3.39. The molecule has 0 unspecified atom stereocenters. The molecule has 0 radical (unpaired) electrons. The van der Waals surface area contributed by atoms with Crippen LogP contribution in [0.25, 0.3) is 0 Å². The number of likely N-dealkylation sites (N-methyl/N-ethyl adjacent to an activating group) is 1. The average molecular weight is 136 g/mol. The largest absolute Gasteiger partial charge is 0.480 e. The average Bonchev–Trinajstić information content (AvgIpc) is 1.85. The van der Waals surface area contributed by atoms with Gasteiger partial charge in [-0.15, -0.1) is 0 Å². The molecule has 0 bridgehead atoms. The smallest absolute Gasteiger partial charge is 0.317 e. The van der Waals surface area contributed by atoms with E-state index in [1.54, 1.807) is 0 Å². The van der Waals surface area contributed by atoms with Crippen molar-refractivity contribution in [3.8, 4) is 0 Å². The number of nitrogens with two attached hydrogens (primary N) is 2. The summed E-state index contributed by atoms with van der Waals surface area (Å²) in [6.07, 6.45) is -1.12. The quantitative estimate of drug-likeness (QED) is 0.314. The lowest BCUT2D eigenvalue weighted by atomic mass is 10.8. The van der Waals surface area contributed by atoms with Crippen LogP contribution in [0.2, 0.25) is 0 Å². The van der Waals surface area contributed by atoms with Crippen molar-refractivity contribution in [2.45, 2.75) is 6.29 Å². The van der Waals surface area contributed by atoms with Crippen molar-refractivity contribution >= 4 is 5.97 Å². The molecule has 0 atom stereocenters. The highest BCUT2D eigenvalue weighted by Crippen LogP contribution is 1.79. The number of nitrogens with zero attached hydrogens (tertiary/aromatic N) is 1. The van der Waals surface area contributed by atoms with Crippen molar-refractivity contribution in [1.29, 1.82) is 0 Å². The third kappa shape index (κ3) is 3.89. The van der Waals surface area contributed by atoms with Gasteiger partial charge in [0.2, 0.25) is 0 Å². The molecule has 0 aliphatic rings. The minimum Gasteiger partial charge on any atom is -0.480 e. The molecule has 0 aromatic heterocycles. The van der Waals surface area contributed by atoms with Crippen molar-refractivity contribution in [3.05, 3.63) is 0 Å². The van der Waals surface area contributed by atoms with Crippen molar-refractivity contribution in [1.82, 2.24) is 4.90 Å². The molecular weight excluding hydrogens is 123 g/mol. The Balaban J connectivity index is 4.42. The molecule has 0 rings (SSSR count). The monoisotopic (exact) mass is 136 g/mol. The van der Waals surface area contributed by atoms with Crippen LogP contribution in [0, 0.1) is 0 Å². The zero-order valence-corrected chi connectivity index (χ0v) is 5.03. The number of carbonyl (C=O) groups is 1. The summed E-state index contributed by atoms with van der Waals surface area (Å²) in [6, 6.07) is 0. The lowest BCUT2D eigenvalue weighted by Crippen LogP contribution is -2.48. The summed E-state index contributed by atoms with van der Waals surface area (Å²) in [5, 5.41) is 8.33. The molecule has 5 N–H and O–H groups in total. The second-order valence-corrected chi connectivity index (χ2v) is 1.52. The first kappa shape index (κ1) is 5.16. The molecular formula is C4H11N3O2. The Morgan fingerprint density at radius 2 is 2.44 bits per heavy atom. The van der Waals surface area contributed by atoms with E-state index in [1.807, 2.05) is 0 Å². The second-order valence-electron chi connectivity index (χ2n) is 1.52. The minimum atomic E-state index is -2.52. The molecule has 0 saturated heterocycles. The summed E-state index contributed by atoms with van der Waals surface area (Å²) >= 11 is 0. The van der Waals surface area contributed by atoms with Gasteiger partial charge in [-0.2, -0.15) is 0 Å². The first-order valence-electron chi connectivity index (χ1n) is 3.27. The number of carboxylic acid groups (broad SMARTS) is 1. The van der Waals surface area contributed by atoms with E-state index >= 15 is 0 Å². The SMILES string of the molecule is [2H][13C]([2H])(C(=O)O)N(C)C(N)N. The van der Waals surface area contributed by atoms with Gasteiger partial charge in [-0.05, 0) is 7.05 Å². The number of hydrogen-bond acceptors (Lipinski definition) is 4. The summed E-state index contributed by atoms with van der Waals surface area (Å²) in [5.74, 6) is -1.61. The highest BCUT2D eigenvalue weighted by atomic mass is 16.4. The van der Waals surface area contributed by atoms with Crippen LogP contribution in [-0.2, 0) is 4.79 Å². The van der Waals surface area contributed by atoms with Crippen LogP contribution in [0.3, 0.4) is 0 Å². The third-order valence-electron chi connectivity index (χ3n) is 0.719. The Labute approximate surface area is 56.0 Å². The van der Waals surface area contributed by atoms with Crippen molar-refractivity contribution in [3.63, 3.8) is 0 Å². The highest BCUT2D eigenvalue weighted by Gasteiger charge is 2.06. The topological polar surface area (TPSA) is 92.6 Å². The summed E-state index contributed by atoms with van der Waals surface area (Å²) in [4.78, 5) is 11.0. The molecule has 0 heterocycles. The van der Waals surface area contributed by atoms with Crippen molar-refractivity contribution in [2.24, 2.45) is 11.5 Å². The van der Waals surface area contributed by atoms with Gasteiger partial charge >= 0.3 is 5.97 Å². The summed E-state index contributed by atoms with van der Waals surface area (Å²) in [6.45, 7) is -2.52. The Bertz CT molecular complexity index is 161. The Morgan fingerprint density at radius 1 is 2.00 bits per heavy atom. The van der Waals surface area contributed by atoms with Crippen LogP contribution in [0.15, 0.2) is 0 Å². The van der Waals surface area contributed by atoms with E-state index in [4.69, 9.17) is 19.3 Å². The number of hydrogen-bond donors (Lipinski definition) is 3. The first-order valence-corrected chi connectivity index (χ1v) is 2.27. The summed E-state index contributed by atoms with van der Waals surface area (Å²) < 4.78 is 13.9. The van der Waals surface area contributed by atoms with E-state index in [-0.39, 0.29) is 0 Å². The molecule has 0 aromatic rings. The molecule has 0 aromatic carbocycles. The van der Waals surface area contributed by atoms with Crippen LogP contribution in [0.5, 0.6) is 0 Å². The fraction of sp³-hybridized carbons (Fsp3) is 0.750. The molecule has 0 spiro atoms. The van der Waals surface area contributed by atoms with E-state index in [0.29, 0.717) is 0 Å². The van der Waals surface area contributed by atoms with Crippen molar-refractivity contribution < 1.29 is 12.6 Å². The van der Waals surface area contributed by atoms with Crippen LogP contribution < -0.4 is 11.5 Å². The summed E-state index contributed by atoms with van der Waals surface area (Å²) in [5.41, 5.74) is 10.1. The number of carboxylic acids is 1. The molecule has 0 saturated carbocycles. The van der Waals surface area contributed by atoms with Gasteiger partial charge in [0, 0.05) is 0 Å². The number of rotatable bonds is 3. The van der Waals surface area contributed by atoms with Gasteiger partial charge in [-0.25, -0.2) is 0 Å². The standard InChI is InChI=1S/C4H11N3O2/c1-7(4(5)6)2-3(8)9/h4H,2,5-6H2,1H3,(H,8,9)/i2+1D2. The molecule has 5 nitrogen and oxygen atoms in total. The fourth-order valence-electron chi connectivity index (χ4n) is 0.225. The maximum absolute atomic E-state index is 10.2. The van der Waals surface area contributed by atoms with Gasteiger partial charge in [-0.1, -0.05) is 0 Å². The predicted molar refractivity (Wildman–Crippen MR) is 32.4 cm³/mol. The maximum atomic E-state index is 10.2. The fourth-order valence-corrected chi connectivity index (χ4v) is 0.225. The predicted octanol–water partition coefficient (Wildman–Crippen LogP) is -1.80. The lowest BCUT2D eigenvalue weighted by molar-refractivity contribution is -0.138. The number of aliphatic carboxylic acids is 1. The van der Waals surface area contributed by atoms with E-state index in [2.05, 4.69) is 0 Å². The van der Waals surface area contributed by atoms with Crippen molar-refractivity contribution in [2.75, 3.05) is 13.5 Å². The van der Waals surface area contributed by atoms with Crippen LogP contribution in [0.4, 0.5) is 0 Å². The van der Waals surface area contributed by atoms with E-state index in [0.717, 1.165) is 4.90 Å². The maximum Gasteiger partial charge on any atom is 0.317 e. The minimum absolute atomic E-state index is 0.718. The van der Waals surface area contributed by atoms with Gasteiger partial charge in [0.1, 0.15) is 6.29 Å². The van der Waals surface area contributed by atoms with Crippen LogP contribution >= 0.6 is 0 Å². The molecule has 0 fully saturated rings. The van der Waals surface area contributed by atoms with Crippen LogP contribution in [-0.4, -0.2) is 35.8 Å². The molecule has 9 heavy (non-hydrogen) atoms. The Hall–Kier alpha value is -0.650. The molecule has 0 aliphatic heterocycles. The normalized spacial score (nSPS) is 15.7. The van der Waals surface area contributed by atoms with E-state index in [1.165, 1.54) is 7.05 Å². The Kier molecular flexibility index (Phi) is 1.94. The van der Waals surface area contributed by atoms with Gasteiger partial charge in [-0.3, -0.25) is 9.69 Å². The van der Waals surface area contributed by atoms with E-state index < -0.39 is 18.8 Å². The van der Waals surface area contributed by atoms with Gasteiger partial charge in [0.25, 0.3) is 0 Å². The van der Waals surface area contributed by atoms with Gasteiger partial charge in [0.05, 0.1) is 9.24 Å². The molecule has 0 aliphatic carbocycles. The van der Waals surface area contributed by atoms with E-state index in [9.17, 15) is 4.79 Å². The van der Waals surface area contributed by atoms with Crippen LogP contribution in [0.1, 0.15) is 2.74 Å². The zero-order valence-electron chi connectivity index (χ0n) is 7.03. The van der Waals surface area contributed by atoms with Gasteiger partial charge < -0.3 is 16.6 Å². The summed E-state index contributed by atoms with van der Waals surface area (Å²) in [7, 11) is 1.19. The van der Waals surface area contributed by atoms with Gasteiger partial charge in [0.15, 0.2) is 0 Å². The Morgan fingerprint density at radius 3 is 2.56 bits per heavy atom. The lowest BCUT2D eigenvalue weighted by Gasteiger charge is -2.17. The first-order chi connectivity index (χ1) is 4.80. The molecule has 0 amide bonds. The zero-order chi connectivity index (χ0) is 9.23. The third-order valence-corrected chi connectivity index (χ3v) is 0.719. The molecule has 54 valence electrons.